The summed E-state index contributed by atoms with van der Waals surface area (Å²) in [7, 11) is -1.86. The summed E-state index contributed by atoms with van der Waals surface area (Å²) in [6.45, 7) is 6.10. The number of benzene rings is 1. The average molecular weight is 369 g/mol. The highest BCUT2D eigenvalue weighted by Crippen LogP contribution is 2.11. The summed E-state index contributed by atoms with van der Waals surface area (Å²) in [5.74, 6) is 1.47. The molecule has 142 valence electrons. The van der Waals surface area contributed by atoms with Crippen LogP contribution in [0.5, 0.6) is 0 Å². The summed E-state index contributed by atoms with van der Waals surface area (Å²) >= 11 is 0. The molecule has 4 N–H and O–H groups in total. The molecule has 0 bridgehead atoms. The van der Waals surface area contributed by atoms with Gasteiger partial charge in [0.05, 0.1) is 4.90 Å². The fourth-order valence-corrected chi connectivity index (χ4v) is 3.09. The molecule has 0 aliphatic carbocycles. The first kappa shape index (κ1) is 21.4. The lowest BCUT2D eigenvalue weighted by molar-refractivity contribution is 0.444. The van der Waals surface area contributed by atoms with Gasteiger partial charge in [-0.3, -0.25) is 4.99 Å². The summed E-state index contributed by atoms with van der Waals surface area (Å²) in [6, 6.07) is 6.65. The van der Waals surface area contributed by atoms with E-state index in [1.165, 1.54) is 37.8 Å². The lowest BCUT2D eigenvalue weighted by atomic mass is 9.99. The first-order valence-corrected chi connectivity index (χ1v) is 10.5. The van der Waals surface area contributed by atoms with Gasteiger partial charge in [0, 0.05) is 20.1 Å². The van der Waals surface area contributed by atoms with Gasteiger partial charge < -0.3 is 10.6 Å². The maximum Gasteiger partial charge on any atom is 0.238 e. The number of nitrogens with one attached hydrogen (secondary N) is 2. The first-order valence-electron chi connectivity index (χ1n) is 8.96. The minimum atomic E-state index is -3.63. The Kier molecular flexibility index (Phi) is 9.52. The van der Waals surface area contributed by atoms with Crippen molar-refractivity contribution in [1.29, 1.82) is 0 Å². The zero-order valence-electron chi connectivity index (χ0n) is 15.6. The van der Waals surface area contributed by atoms with Crippen LogP contribution < -0.4 is 15.8 Å². The predicted octanol–water partition coefficient (Wildman–Crippen LogP) is 2.26. The van der Waals surface area contributed by atoms with E-state index in [-0.39, 0.29) is 4.90 Å². The Morgan fingerprint density at radius 1 is 1.20 bits per heavy atom. The van der Waals surface area contributed by atoms with Gasteiger partial charge in [0.1, 0.15) is 0 Å². The second-order valence-electron chi connectivity index (χ2n) is 6.24. The quantitative estimate of drug-likeness (QED) is 0.436. The maximum absolute atomic E-state index is 11.2. The lowest BCUT2D eigenvalue weighted by Crippen LogP contribution is -2.40. The summed E-state index contributed by atoms with van der Waals surface area (Å²) in [5.41, 5.74) is 1.05. The molecule has 7 heteroatoms. The average Bonchev–Trinajstić information content (AvgIpc) is 2.59. The number of guanidine groups is 1. The molecule has 0 saturated heterocycles. The van der Waals surface area contributed by atoms with E-state index in [4.69, 9.17) is 5.14 Å². The molecule has 0 spiro atoms. The molecule has 0 aromatic heterocycles. The topological polar surface area (TPSA) is 96.6 Å². The van der Waals surface area contributed by atoms with Crippen LogP contribution >= 0.6 is 0 Å². The van der Waals surface area contributed by atoms with Crippen LogP contribution in [0.25, 0.3) is 0 Å². The lowest BCUT2D eigenvalue weighted by Gasteiger charge is -2.18. The smallest absolute Gasteiger partial charge is 0.238 e. The van der Waals surface area contributed by atoms with Crippen LogP contribution in [0.4, 0.5) is 0 Å². The van der Waals surface area contributed by atoms with E-state index in [0.717, 1.165) is 31.0 Å². The molecule has 0 heterocycles. The number of aliphatic imine (C=N–C) groups is 1. The fraction of sp³-hybridized carbons (Fsp3) is 0.611. The van der Waals surface area contributed by atoms with Crippen LogP contribution in [0, 0.1) is 5.92 Å². The van der Waals surface area contributed by atoms with Gasteiger partial charge in [-0.25, -0.2) is 13.6 Å². The Balaban J connectivity index is 2.40. The molecule has 0 radical (unpaired) electrons. The van der Waals surface area contributed by atoms with Crippen LogP contribution in [0.15, 0.2) is 34.2 Å². The monoisotopic (exact) mass is 368 g/mol. The van der Waals surface area contributed by atoms with Crippen molar-refractivity contribution >= 4 is 16.0 Å². The third kappa shape index (κ3) is 8.36. The number of unbranched alkanes of at least 4 members (excludes halogenated alkanes) is 1. The van der Waals surface area contributed by atoms with E-state index in [2.05, 4.69) is 29.5 Å². The van der Waals surface area contributed by atoms with E-state index in [1.54, 1.807) is 19.2 Å². The molecule has 1 aromatic carbocycles. The SMILES string of the molecule is CCCCC(CC)CNC(=NC)NCCc1ccc(S(N)(=O)=O)cc1. The van der Waals surface area contributed by atoms with Gasteiger partial charge in [0.15, 0.2) is 5.96 Å². The van der Waals surface area contributed by atoms with E-state index >= 15 is 0 Å². The first-order chi connectivity index (χ1) is 11.9. The molecule has 25 heavy (non-hydrogen) atoms. The number of hydrogen-bond acceptors (Lipinski definition) is 3. The molecule has 0 fully saturated rings. The van der Waals surface area contributed by atoms with Crippen molar-refractivity contribution in [2.45, 2.75) is 50.8 Å². The highest BCUT2D eigenvalue weighted by Gasteiger charge is 2.08. The summed E-state index contributed by atoms with van der Waals surface area (Å²) in [6.07, 6.45) is 5.68. The van der Waals surface area contributed by atoms with Crippen molar-refractivity contribution in [1.82, 2.24) is 10.6 Å². The third-order valence-corrected chi connectivity index (χ3v) is 5.21. The minimum Gasteiger partial charge on any atom is -0.356 e. The Morgan fingerprint density at radius 3 is 2.40 bits per heavy atom. The van der Waals surface area contributed by atoms with Crippen LogP contribution in [-0.2, 0) is 16.4 Å². The normalized spacial score (nSPS) is 13.5. The number of nitrogens with zero attached hydrogens (tertiary/aromatic N) is 1. The Morgan fingerprint density at radius 2 is 1.88 bits per heavy atom. The minimum absolute atomic E-state index is 0.138. The molecule has 0 amide bonds. The largest absolute Gasteiger partial charge is 0.356 e. The highest BCUT2D eigenvalue weighted by molar-refractivity contribution is 7.89. The number of sulfonamides is 1. The number of primary sulfonamides is 1. The molecular weight excluding hydrogens is 336 g/mol. The summed E-state index contributed by atoms with van der Waals surface area (Å²) in [4.78, 5) is 4.39. The molecule has 1 unspecified atom stereocenters. The second kappa shape index (κ2) is 11.1. The van der Waals surface area contributed by atoms with Crippen molar-refractivity contribution < 1.29 is 8.42 Å². The van der Waals surface area contributed by atoms with Crippen molar-refractivity contribution in [3.05, 3.63) is 29.8 Å². The summed E-state index contributed by atoms with van der Waals surface area (Å²) in [5, 5.41) is 11.8. The Labute approximate surface area is 152 Å². The van der Waals surface area contributed by atoms with Gasteiger partial charge in [-0.15, -0.1) is 0 Å². The van der Waals surface area contributed by atoms with Crippen LogP contribution in [0.3, 0.4) is 0 Å². The zero-order chi connectivity index (χ0) is 18.7. The van der Waals surface area contributed by atoms with Crippen molar-refractivity contribution in [2.24, 2.45) is 16.0 Å². The van der Waals surface area contributed by atoms with Crippen LogP contribution in [0.1, 0.15) is 45.1 Å². The van der Waals surface area contributed by atoms with Crippen molar-refractivity contribution in [3.8, 4) is 0 Å². The molecule has 1 rings (SSSR count). The van der Waals surface area contributed by atoms with Gasteiger partial charge >= 0.3 is 0 Å². The third-order valence-electron chi connectivity index (χ3n) is 4.28. The fourth-order valence-electron chi connectivity index (χ4n) is 2.58. The molecule has 1 aromatic rings. The van der Waals surface area contributed by atoms with Gasteiger partial charge in [0.2, 0.25) is 10.0 Å². The molecule has 0 aliphatic heterocycles. The molecule has 0 aliphatic rings. The predicted molar refractivity (Wildman–Crippen MR) is 104 cm³/mol. The Hall–Kier alpha value is -1.60. The maximum atomic E-state index is 11.2. The number of rotatable bonds is 10. The van der Waals surface area contributed by atoms with Gasteiger partial charge in [-0.05, 0) is 36.5 Å². The molecule has 0 saturated carbocycles. The number of nitrogens with two attached hydrogens (primary N) is 1. The number of hydrogen-bond donors (Lipinski definition) is 3. The van der Waals surface area contributed by atoms with Gasteiger partial charge in [-0.1, -0.05) is 45.2 Å². The Bertz CT molecular complexity index is 627. The summed E-state index contributed by atoms with van der Waals surface area (Å²) < 4.78 is 22.5. The van der Waals surface area contributed by atoms with E-state index in [9.17, 15) is 8.42 Å². The highest BCUT2D eigenvalue weighted by atomic mass is 32.2. The molecule has 6 nitrogen and oxygen atoms in total. The van der Waals surface area contributed by atoms with Crippen LogP contribution in [0.2, 0.25) is 0 Å². The van der Waals surface area contributed by atoms with Gasteiger partial charge in [-0.2, -0.15) is 0 Å². The van der Waals surface area contributed by atoms with E-state index < -0.39 is 10.0 Å². The van der Waals surface area contributed by atoms with E-state index in [1.807, 2.05) is 0 Å². The van der Waals surface area contributed by atoms with Crippen molar-refractivity contribution in [2.75, 3.05) is 20.1 Å². The standard InChI is InChI=1S/C18H32N4O2S/c1-4-6-7-15(5-2)14-22-18(20-3)21-13-12-16-8-10-17(11-9-16)25(19,23)24/h8-11,15H,4-7,12-14H2,1-3H3,(H2,19,23,24)(H2,20,21,22). The molecule has 1 atom stereocenters. The zero-order valence-corrected chi connectivity index (χ0v) is 16.4. The van der Waals surface area contributed by atoms with Crippen LogP contribution in [-0.4, -0.2) is 34.5 Å². The van der Waals surface area contributed by atoms with E-state index in [0.29, 0.717) is 5.92 Å². The van der Waals surface area contributed by atoms with Crippen molar-refractivity contribution in [3.63, 3.8) is 0 Å². The second-order valence-corrected chi connectivity index (χ2v) is 7.80. The van der Waals surface area contributed by atoms with Gasteiger partial charge in [0.25, 0.3) is 0 Å². The molecular formula is C18H32N4O2S.